The Balaban J connectivity index is 1.71. The number of aromatic nitrogens is 3. The molecule has 2 aromatic heterocycles. The van der Waals surface area contributed by atoms with Gasteiger partial charge in [0.05, 0.1) is 11.4 Å². The first kappa shape index (κ1) is 18.2. The number of anilines is 1. The number of hydrogen-bond acceptors (Lipinski definition) is 3. The molecular weight excluding hydrogens is 352 g/mol. The number of hydrogen-bond donors (Lipinski definition) is 1. The maximum absolute atomic E-state index is 13.0. The summed E-state index contributed by atoms with van der Waals surface area (Å²) in [4.78, 5) is 24.7. The number of rotatable bonds is 4. The minimum Gasteiger partial charge on any atom is -0.319 e. The van der Waals surface area contributed by atoms with Gasteiger partial charge in [-0.25, -0.2) is 4.68 Å². The van der Waals surface area contributed by atoms with Crippen LogP contribution >= 0.6 is 0 Å². The fraction of sp³-hybridized carbons (Fsp3) is 0.318. The lowest BCUT2D eigenvalue weighted by atomic mass is 10.1. The molecule has 0 radical (unpaired) electrons. The standard InChI is InChI=1S/C22H24N4O2/c1-4-25-13-16(9-11-20(25)27)23-22(28)21-17-6-5-7-19(17)26(24-21)18-10-8-14(2)12-15(18)3/h8-13H,4-7H2,1-3H3,(H,23,28). The summed E-state index contributed by atoms with van der Waals surface area (Å²) in [6.07, 6.45) is 4.47. The predicted octanol–water partition coefficient (Wildman–Crippen LogP) is 3.41. The van der Waals surface area contributed by atoms with E-state index >= 15 is 0 Å². The van der Waals surface area contributed by atoms with E-state index in [1.54, 1.807) is 16.8 Å². The van der Waals surface area contributed by atoms with E-state index < -0.39 is 0 Å². The number of carbonyl (C=O) groups is 1. The number of nitrogens with zero attached hydrogens (tertiary/aromatic N) is 3. The van der Waals surface area contributed by atoms with Gasteiger partial charge in [0.2, 0.25) is 0 Å². The Labute approximate surface area is 163 Å². The van der Waals surface area contributed by atoms with Crippen LogP contribution < -0.4 is 10.9 Å². The van der Waals surface area contributed by atoms with Crippen LogP contribution in [0.2, 0.25) is 0 Å². The molecule has 2 heterocycles. The lowest BCUT2D eigenvalue weighted by Gasteiger charge is -2.10. The first-order valence-electron chi connectivity index (χ1n) is 9.68. The molecule has 144 valence electrons. The van der Waals surface area contributed by atoms with Crippen molar-refractivity contribution in [3.63, 3.8) is 0 Å². The van der Waals surface area contributed by atoms with Crippen molar-refractivity contribution in [1.82, 2.24) is 14.3 Å². The predicted molar refractivity (Wildman–Crippen MR) is 109 cm³/mol. The molecule has 0 fully saturated rings. The number of carbonyl (C=O) groups excluding carboxylic acids is 1. The molecule has 0 bridgehead atoms. The highest BCUT2D eigenvalue weighted by Gasteiger charge is 2.27. The molecule has 1 aliphatic rings. The lowest BCUT2D eigenvalue weighted by molar-refractivity contribution is 0.102. The molecule has 1 aromatic carbocycles. The van der Waals surface area contributed by atoms with Crippen LogP contribution in [0.15, 0.2) is 41.3 Å². The number of fused-ring (bicyclic) bond motifs is 1. The SMILES string of the molecule is CCn1cc(NC(=O)c2nn(-c3ccc(C)cc3C)c3c2CCC3)ccc1=O. The number of benzene rings is 1. The van der Waals surface area contributed by atoms with Crippen LogP contribution in [0, 0.1) is 13.8 Å². The van der Waals surface area contributed by atoms with Gasteiger partial charge in [-0.05, 0) is 57.7 Å². The van der Waals surface area contributed by atoms with Gasteiger partial charge in [0.25, 0.3) is 11.5 Å². The third-order valence-corrected chi connectivity index (χ3v) is 5.31. The molecule has 0 saturated carbocycles. The third-order valence-electron chi connectivity index (χ3n) is 5.31. The summed E-state index contributed by atoms with van der Waals surface area (Å²) >= 11 is 0. The maximum atomic E-state index is 13.0. The van der Waals surface area contributed by atoms with Crippen molar-refractivity contribution in [3.05, 3.63) is 75.0 Å². The van der Waals surface area contributed by atoms with Crippen molar-refractivity contribution in [2.24, 2.45) is 0 Å². The minimum atomic E-state index is -0.233. The van der Waals surface area contributed by atoms with E-state index in [-0.39, 0.29) is 11.5 Å². The van der Waals surface area contributed by atoms with Crippen molar-refractivity contribution in [3.8, 4) is 5.69 Å². The molecule has 1 N–H and O–H groups in total. The van der Waals surface area contributed by atoms with Crippen LogP contribution in [0.25, 0.3) is 5.69 Å². The topological polar surface area (TPSA) is 68.9 Å². The fourth-order valence-corrected chi connectivity index (χ4v) is 3.90. The fourth-order valence-electron chi connectivity index (χ4n) is 3.90. The van der Waals surface area contributed by atoms with Crippen molar-refractivity contribution in [2.75, 3.05) is 5.32 Å². The quantitative estimate of drug-likeness (QED) is 0.759. The van der Waals surface area contributed by atoms with Gasteiger partial charge in [-0.2, -0.15) is 5.10 Å². The van der Waals surface area contributed by atoms with E-state index in [0.29, 0.717) is 17.9 Å². The number of amides is 1. The van der Waals surface area contributed by atoms with Crippen LogP contribution in [-0.2, 0) is 19.4 Å². The molecule has 0 unspecified atom stereocenters. The average Bonchev–Trinajstić information content (AvgIpc) is 3.26. The number of aryl methyl sites for hydroxylation is 3. The Hall–Kier alpha value is -3.15. The summed E-state index contributed by atoms with van der Waals surface area (Å²) in [6.45, 7) is 6.59. The molecule has 28 heavy (non-hydrogen) atoms. The number of pyridine rings is 1. The Kier molecular flexibility index (Phi) is 4.63. The zero-order chi connectivity index (χ0) is 19.8. The third kappa shape index (κ3) is 3.15. The summed E-state index contributed by atoms with van der Waals surface area (Å²) in [5.41, 5.74) is 6.49. The second-order valence-corrected chi connectivity index (χ2v) is 7.33. The molecule has 0 spiro atoms. The van der Waals surface area contributed by atoms with Crippen molar-refractivity contribution in [2.45, 2.75) is 46.6 Å². The summed E-state index contributed by atoms with van der Waals surface area (Å²) in [5.74, 6) is -0.233. The van der Waals surface area contributed by atoms with Crippen LogP contribution in [0.4, 0.5) is 5.69 Å². The highest BCUT2D eigenvalue weighted by atomic mass is 16.2. The van der Waals surface area contributed by atoms with Gasteiger partial charge in [-0.15, -0.1) is 0 Å². The Morgan fingerprint density at radius 3 is 2.75 bits per heavy atom. The van der Waals surface area contributed by atoms with Gasteiger partial charge in [-0.1, -0.05) is 17.7 Å². The van der Waals surface area contributed by atoms with E-state index in [1.807, 2.05) is 11.6 Å². The molecule has 3 aromatic rings. The number of nitrogens with one attached hydrogen (secondary N) is 1. The molecule has 1 amide bonds. The summed E-state index contributed by atoms with van der Waals surface area (Å²) in [5, 5.41) is 7.59. The maximum Gasteiger partial charge on any atom is 0.276 e. The first-order valence-corrected chi connectivity index (χ1v) is 9.68. The van der Waals surface area contributed by atoms with Gasteiger partial charge >= 0.3 is 0 Å². The van der Waals surface area contributed by atoms with Crippen LogP contribution in [0.3, 0.4) is 0 Å². The van der Waals surface area contributed by atoms with Gasteiger partial charge < -0.3 is 9.88 Å². The molecule has 0 saturated heterocycles. The molecule has 6 nitrogen and oxygen atoms in total. The van der Waals surface area contributed by atoms with Gasteiger partial charge in [-0.3, -0.25) is 9.59 Å². The smallest absolute Gasteiger partial charge is 0.276 e. The van der Waals surface area contributed by atoms with Crippen LogP contribution in [-0.4, -0.2) is 20.3 Å². The van der Waals surface area contributed by atoms with Crippen LogP contribution in [0.5, 0.6) is 0 Å². The molecule has 4 rings (SSSR count). The zero-order valence-electron chi connectivity index (χ0n) is 16.5. The largest absolute Gasteiger partial charge is 0.319 e. The van der Waals surface area contributed by atoms with E-state index in [0.717, 1.165) is 41.8 Å². The summed E-state index contributed by atoms with van der Waals surface area (Å²) < 4.78 is 3.49. The van der Waals surface area contributed by atoms with Crippen molar-refractivity contribution in [1.29, 1.82) is 0 Å². The molecule has 0 aliphatic heterocycles. The second kappa shape index (κ2) is 7.11. The zero-order valence-corrected chi connectivity index (χ0v) is 16.5. The van der Waals surface area contributed by atoms with Gasteiger partial charge in [0, 0.05) is 30.1 Å². The van der Waals surface area contributed by atoms with Crippen molar-refractivity contribution >= 4 is 11.6 Å². The summed E-state index contributed by atoms with van der Waals surface area (Å²) in [6, 6.07) is 9.37. The highest BCUT2D eigenvalue weighted by Crippen LogP contribution is 2.29. The van der Waals surface area contributed by atoms with E-state index in [2.05, 4.69) is 42.5 Å². The first-order chi connectivity index (χ1) is 13.5. The second-order valence-electron chi connectivity index (χ2n) is 7.33. The molecular formula is C22H24N4O2. The monoisotopic (exact) mass is 376 g/mol. The van der Waals surface area contributed by atoms with Crippen molar-refractivity contribution < 1.29 is 4.79 Å². The summed E-state index contributed by atoms with van der Waals surface area (Å²) in [7, 11) is 0. The van der Waals surface area contributed by atoms with E-state index in [1.165, 1.54) is 11.6 Å². The van der Waals surface area contributed by atoms with Gasteiger partial charge in [0.1, 0.15) is 0 Å². The van der Waals surface area contributed by atoms with E-state index in [4.69, 9.17) is 0 Å². The van der Waals surface area contributed by atoms with Gasteiger partial charge in [0.15, 0.2) is 5.69 Å². The van der Waals surface area contributed by atoms with E-state index in [9.17, 15) is 9.59 Å². The van der Waals surface area contributed by atoms with Crippen LogP contribution in [0.1, 0.15) is 46.2 Å². The highest BCUT2D eigenvalue weighted by molar-refractivity contribution is 6.04. The molecule has 1 aliphatic carbocycles. The molecule has 0 atom stereocenters. The minimum absolute atomic E-state index is 0.0829. The average molecular weight is 376 g/mol. The Bertz CT molecular complexity index is 1120. The lowest BCUT2D eigenvalue weighted by Crippen LogP contribution is -2.20. The Morgan fingerprint density at radius 2 is 2.00 bits per heavy atom. The molecule has 6 heteroatoms. The Morgan fingerprint density at radius 1 is 1.18 bits per heavy atom. The normalized spacial score (nSPS) is 12.8.